The lowest BCUT2D eigenvalue weighted by Gasteiger charge is -2.35. The highest BCUT2D eigenvalue weighted by Gasteiger charge is 2.18. The molecule has 0 bridgehead atoms. The summed E-state index contributed by atoms with van der Waals surface area (Å²) in [5.74, 6) is 0. The monoisotopic (exact) mass is 234 g/mol. The van der Waals surface area contributed by atoms with Crippen molar-refractivity contribution in [2.75, 3.05) is 31.7 Å². The van der Waals surface area contributed by atoms with Gasteiger partial charge in [0, 0.05) is 24.3 Å². The molecule has 17 heavy (non-hydrogen) atoms. The van der Waals surface area contributed by atoms with Crippen molar-refractivity contribution in [2.24, 2.45) is 0 Å². The summed E-state index contributed by atoms with van der Waals surface area (Å²) < 4.78 is 5.46. The maximum Gasteiger partial charge on any atom is 0.0668 e. The van der Waals surface area contributed by atoms with Gasteiger partial charge in [-0.2, -0.15) is 0 Å². The molecule has 2 rings (SSSR count). The normalized spacial score (nSPS) is 22.5. The highest BCUT2D eigenvalue weighted by atomic mass is 16.5. The molecule has 1 heterocycles. The minimum Gasteiger partial charge on any atom is -0.377 e. The first-order valence-corrected chi connectivity index (χ1v) is 6.34. The third kappa shape index (κ3) is 2.79. The fourth-order valence-electron chi connectivity index (χ4n) is 2.23. The smallest absolute Gasteiger partial charge is 0.0668 e. The molecular formula is C14H22N2O. The second-order valence-corrected chi connectivity index (χ2v) is 4.72. The zero-order valence-corrected chi connectivity index (χ0v) is 10.9. The quantitative estimate of drug-likeness (QED) is 0.867. The molecule has 1 saturated heterocycles. The molecule has 0 aromatic heterocycles. The van der Waals surface area contributed by atoms with Crippen molar-refractivity contribution in [3.05, 3.63) is 29.8 Å². The van der Waals surface area contributed by atoms with Crippen LogP contribution >= 0.6 is 0 Å². The Labute approximate surface area is 104 Å². The summed E-state index contributed by atoms with van der Waals surface area (Å²) in [7, 11) is 1.99. The van der Waals surface area contributed by atoms with E-state index in [0.717, 1.165) is 19.8 Å². The molecule has 1 aliphatic heterocycles. The molecule has 1 aromatic rings. The van der Waals surface area contributed by atoms with Gasteiger partial charge < -0.3 is 15.0 Å². The lowest BCUT2D eigenvalue weighted by molar-refractivity contribution is 0.0989. The van der Waals surface area contributed by atoms with E-state index in [1.807, 2.05) is 7.05 Å². The van der Waals surface area contributed by atoms with Crippen molar-refractivity contribution < 1.29 is 4.74 Å². The molecule has 1 N–H and O–H groups in total. The number of hydrogen-bond acceptors (Lipinski definition) is 3. The number of nitrogens with one attached hydrogen (secondary N) is 1. The van der Waals surface area contributed by atoms with E-state index in [1.165, 1.54) is 11.3 Å². The fraction of sp³-hybridized carbons (Fsp3) is 0.571. The van der Waals surface area contributed by atoms with Gasteiger partial charge in [0.05, 0.1) is 13.2 Å². The second-order valence-electron chi connectivity index (χ2n) is 4.72. The topological polar surface area (TPSA) is 24.5 Å². The van der Waals surface area contributed by atoms with Crippen LogP contribution in [0.25, 0.3) is 0 Å². The van der Waals surface area contributed by atoms with Gasteiger partial charge in [-0.15, -0.1) is 0 Å². The van der Waals surface area contributed by atoms with E-state index in [2.05, 4.69) is 48.3 Å². The summed E-state index contributed by atoms with van der Waals surface area (Å²) in [6, 6.07) is 9.72. The number of anilines is 1. The van der Waals surface area contributed by atoms with Crippen LogP contribution in [0.2, 0.25) is 0 Å². The van der Waals surface area contributed by atoms with Crippen molar-refractivity contribution in [3.63, 3.8) is 0 Å². The number of nitrogens with zero attached hydrogens (tertiary/aromatic N) is 1. The average Bonchev–Trinajstić information content (AvgIpc) is 2.39. The molecule has 1 fully saturated rings. The van der Waals surface area contributed by atoms with Crippen LogP contribution in [-0.4, -0.2) is 32.8 Å². The minimum atomic E-state index is 0.408. The summed E-state index contributed by atoms with van der Waals surface area (Å²) in [5, 5.41) is 3.26. The van der Waals surface area contributed by atoms with Gasteiger partial charge in [-0.3, -0.25) is 0 Å². The molecule has 0 radical (unpaired) electrons. The Morgan fingerprint density at radius 1 is 1.35 bits per heavy atom. The van der Waals surface area contributed by atoms with E-state index < -0.39 is 0 Å². The first kappa shape index (κ1) is 12.4. The standard InChI is InChI=1S/C14H22N2O/c1-11-10-17-9-8-16(11)14-6-4-13(5-7-14)12(2)15-3/h4-7,11-12,15H,8-10H2,1-3H3. The van der Waals surface area contributed by atoms with Gasteiger partial charge in [-0.05, 0) is 38.6 Å². The average molecular weight is 234 g/mol. The van der Waals surface area contributed by atoms with E-state index in [-0.39, 0.29) is 0 Å². The lowest BCUT2D eigenvalue weighted by atomic mass is 10.1. The molecule has 3 nitrogen and oxygen atoms in total. The summed E-state index contributed by atoms with van der Waals surface area (Å²) in [6.07, 6.45) is 0. The highest BCUT2D eigenvalue weighted by molar-refractivity contribution is 5.49. The molecule has 0 spiro atoms. The molecule has 0 aliphatic carbocycles. The van der Waals surface area contributed by atoms with Crippen LogP contribution in [0.1, 0.15) is 25.5 Å². The van der Waals surface area contributed by atoms with Crippen molar-refractivity contribution in [3.8, 4) is 0 Å². The molecule has 2 unspecified atom stereocenters. The SMILES string of the molecule is CNC(C)c1ccc(N2CCOCC2C)cc1. The second kappa shape index (κ2) is 5.52. The molecule has 2 atom stereocenters. The number of morpholine rings is 1. The molecular weight excluding hydrogens is 212 g/mol. The van der Waals surface area contributed by atoms with Crippen molar-refractivity contribution in [1.82, 2.24) is 5.32 Å². The summed E-state index contributed by atoms with van der Waals surface area (Å²) in [6.45, 7) is 7.03. The van der Waals surface area contributed by atoms with Crippen LogP contribution in [0.5, 0.6) is 0 Å². The Morgan fingerprint density at radius 3 is 2.65 bits per heavy atom. The van der Waals surface area contributed by atoms with Gasteiger partial charge in [0.1, 0.15) is 0 Å². The molecule has 1 aromatic carbocycles. The van der Waals surface area contributed by atoms with Gasteiger partial charge in [-0.25, -0.2) is 0 Å². The van der Waals surface area contributed by atoms with Crippen molar-refractivity contribution in [2.45, 2.75) is 25.9 Å². The van der Waals surface area contributed by atoms with Gasteiger partial charge in [0.15, 0.2) is 0 Å². The highest BCUT2D eigenvalue weighted by Crippen LogP contribution is 2.22. The van der Waals surface area contributed by atoms with Crippen LogP contribution < -0.4 is 10.2 Å². The van der Waals surface area contributed by atoms with Crippen LogP contribution in [0.15, 0.2) is 24.3 Å². The van der Waals surface area contributed by atoms with Gasteiger partial charge in [-0.1, -0.05) is 12.1 Å². The fourth-order valence-corrected chi connectivity index (χ4v) is 2.23. The minimum absolute atomic E-state index is 0.408. The van der Waals surface area contributed by atoms with Crippen molar-refractivity contribution >= 4 is 5.69 Å². The van der Waals surface area contributed by atoms with Crippen molar-refractivity contribution in [1.29, 1.82) is 0 Å². The van der Waals surface area contributed by atoms with Crippen LogP contribution in [0.3, 0.4) is 0 Å². The van der Waals surface area contributed by atoms with Gasteiger partial charge in [0.25, 0.3) is 0 Å². The largest absolute Gasteiger partial charge is 0.377 e. The number of rotatable bonds is 3. The summed E-state index contributed by atoms with van der Waals surface area (Å²) in [4.78, 5) is 2.41. The van der Waals surface area contributed by atoms with E-state index in [0.29, 0.717) is 12.1 Å². The van der Waals surface area contributed by atoms with Crippen LogP contribution in [0.4, 0.5) is 5.69 Å². The van der Waals surface area contributed by atoms with Gasteiger partial charge in [0.2, 0.25) is 0 Å². The third-order valence-electron chi connectivity index (χ3n) is 3.53. The van der Waals surface area contributed by atoms with Gasteiger partial charge >= 0.3 is 0 Å². The zero-order chi connectivity index (χ0) is 12.3. The number of ether oxygens (including phenoxy) is 1. The summed E-state index contributed by atoms with van der Waals surface area (Å²) >= 11 is 0. The summed E-state index contributed by atoms with van der Waals surface area (Å²) in [5.41, 5.74) is 2.63. The Morgan fingerprint density at radius 2 is 2.06 bits per heavy atom. The van der Waals surface area contributed by atoms with Crippen LogP contribution in [0, 0.1) is 0 Å². The number of hydrogen-bond donors (Lipinski definition) is 1. The Hall–Kier alpha value is -1.06. The van der Waals surface area contributed by atoms with E-state index in [4.69, 9.17) is 4.74 Å². The van der Waals surface area contributed by atoms with E-state index in [1.54, 1.807) is 0 Å². The lowest BCUT2D eigenvalue weighted by Crippen LogP contribution is -2.43. The first-order valence-electron chi connectivity index (χ1n) is 6.34. The molecule has 1 aliphatic rings. The third-order valence-corrected chi connectivity index (χ3v) is 3.53. The number of benzene rings is 1. The predicted molar refractivity (Wildman–Crippen MR) is 71.5 cm³/mol. The molecule has 0 saturated carbocycles. The van der Waals surface area contributed by atoms with Crippen LogP contribution in [-0.2, 0) is 4.74 Å². The maximum absolute atomic E-state index is 5.46. The molecule has 0 amide bonds. The Kier molecular flexibility index (Phi) is 4.02. The Balaban J connectivity index is 2.11. The predicted octanol–water partition coefficient (Wildman–Crippen LogP) is 2.19. The van der Waals surface area contributed by atoms with E-state index >= 15 is 0 Å². The van der Waals surface area contributed by atoms with E-state index in [9.17, 15) is 0 Å². The Bertz CT molecular complexity index is 350. The zero-order valence-electron chi connectivity index (χ0n) is 10.9. The molecule has 94 valence electrons. The maximum atomic E-state index is 5.46. The first-order chi connectivity index (χ1) is 8.22. The molecule has 3 heteroatoms.